The van der Waals surface area contributed by atoms with E-state index in [1.165, 1.54) is 12.1 Å². The smallest absolute Gasteiger partial charge is 0.323 e. The molecule has 1 atom stereocenters. The van der Waals surface area contributed by atoms with Crippen molar-refractivity contribution >= 4 is 12.0 Å². The van der Waals surface area contributed by atoms with Gasteiger partial charge in [-0.05, 0) is 24.6 Å². The van der Waals surface area contributed by atoms with Gasteiger partial charge in [-0.2, -0.15) is 0 Å². The van der Waals surface area contributed by atoms with Crippen molar-refractivity contribution in [3.63, 3.8) is 0 Å². The molecule has 0 spiro atoms. The number of aliphatic carboxylic acids is 1. The molecule has 0 saturated heterocycles. The van der Waals surface area contributed by atoms with Crippen molar-refractivity contribution in [3.8, 4) is 0 Å². The van der Waals surface area contributed by atoms with Crippen LogP contribution >= 0.6 is 0 Å². The van der Waals surface area contributed by atoms with Gasteiger partial charge in [0.05, 0.1) is 6.04 Å². The Morgan fingerprint density at radius 1 is 1.35 bits per heavy atom. The molecule has 5 nitrogen and oxygen atoms in total. The van der Waals surface area contributed by atoms with Crippen LogP contribution < -0.4 is 10.6 Å². The molecule has 92 valence electrons. The van der Waals surface area contributed by atoms with Gasteiger partial charge in [0.1, 0.15) is 12.4 Å². The number of carbonyl (C=O) groups is 2. The van der Waals surface area contributed by atoms with Gasteiger partial charge in [-0.1, -0.05) is 12.1 Å². The molecular formula is C11H13FN2O3. The number of benzene rings is 1. The molecule has 0 bridgehead atoms. The van der Waals surface area contributed by atoms with Crippen molar-refractivity contribution in [2.75, 3.05) is 6.54 Å². The summed E-state index contributed by atoms with van der Waals surface area (Å²) >= 11 is 0. The van der Waals surface area contributed by atoms with Gasteiger partial charge >= 0.3 is 12.0 Å². The Kier molecular flexibility index (Phi) is 4.45. The van der Waals surface area contributed by atoms with Crippen molar-refractivity contribution in [2.24, 2.45) is 0 Å². The number of carboxylic acid groups (broad SMARTS) is 1. The summed E-state index contributed by atoms with van der Waals surface area (Å²) in [5.41, 5.74) is 0.733. The molecule has 2 amide bonds. The number of halogens is 1. The van der Waals surface area contributed by atoms with Crippen LogP contribution in [-0.4, -0.2) is 23.7 Å². The van der Waals surface area contributed by atoms with E-state index in [0.29, 0.717) is 0 Å². The van der Waals surface area contributed by atoms with E-state index in [9.17, 15) is 14.0 Å². The monoisotopic (exact) mass is 240 g/mol. The van der Waals surface area contributed by atoms with E-state index >= 15 is 0 Å². The van der Waals surface area contributed by atoms with E-state index in [1.54, 1.807) is 19.1 Å². The Hall–Kier alpha value is -2.11. The zero-order valence-electron chi connectivity index (χ0n) is 9.24. The Bertz CT molecular complexity index is 406. The van der Waals surface area contributed by atoms with Gasteiger partial charge in [0.15, 0.2) is 0 Å². The lowest BCUT2D eigenvalue weighted by Crippen LogP contribution is -2.39. The van der Waals surface area contributed by atoms with E-state index in [0.717, 1.165) is 5.56 Å². The van der Waals surface area contributed by atoms with Gasteiger partial charge in [-0.3, -0.25) is 4.79 Å². The van der Waals surface area contributed by atoms with Crippen molar-refractivity contribution < 1.29 is 19.1 Å². The summed E-state index contributed by atoms with van der Waals surface area (Å²) in [7, 11) is 0. The predicted molar refractivity (Wildman–Crippen MR) is 59.0 cm³/mol. The molecule has 0 aliphatic rings. The van der Waals surface area contributed by atoms with Crippen molar-refractivity contribution in [3.05, 3.63) is 35.6 Å². The Labute approximate surface area is 97.6 Å². The average molecular weight is 240 g/mol. The second-order valence-electron chi connectivity index (χ2n) is 3.49. The van der Waals surface area contributed by atoms with Crippen LogP contribution in [0.15, 0.2) is 24.3 Å². The van der Waals surface area contributed by atoms with Gasteiger partial charge in [-0.15, -0.1) is 0 Å². The molecule has 0 saturated carbocycles. The number of amides is 2. The Balaban J connectivity index is 2.48. The van der Waals surface area contributed by atoms with E-state index in [4.69, 9.17) is 5.11 Å². The summed E-state index contributed by atoms with van der Waals surface area (Å²) < 4.78 is 12.7. The summed E-state index contributed by atoms with van der Waals surface area (Å²) in [5, 5.41) is 13.1. The number of carboxylic acids is 1. The molecular weight excluding hydrogens is 227 g/mol. The lowest BCUT2D eigenvalue weighted by atomic mass is 10.1. The average Bonchev–Trinajstić information content (AvgIpc) is 2.27. The number of carbonyl (C=O) groups excluding carboxylic acids is 1. The third kappa shape index (κ3) is 4.50. The van der Waals surface area contributed by atoms with Crippen LogP contribution in [0.1, 0.15) is 18.5 Å². The zero-order valence-corrected chi connectivity index (χ0v) is 9.24. The summed E-state index contributed by atoms with van der Waals surface area (Å²) in [6.45, 7) is 1.27. The molecule has 1 aromatic carbocycles. The van der Waals surface area contributed by atoms with Crippen LogP contribution in [0.3, 0.4) is 0 Å². The topological polar surface area (TPSA) is 78.4 Å². The van der Waals surface area contributed by atoms with E-state index in [1.807, 2.05) is 0 Å². The molecule has 6 heteroatoms. The van der Waals surface area contributed by atoms with Crippen LogP contribution in [0, 0.1) is 5.82 Å². The SMILES string of the molecule is CC(NC(=O)NCC(=O)O)c1ccc(F)cc1. The fourth-order valence-electron chi connectivity index (χ4n) is 1.24. The Morgan fingerprint density at radius 2 is 1.94 bits per heavy atom. The molecule has 1 unspecified atom stereocenters. The van der Waals surface area contributed by atoms with Crippen LogP contribution in [0.4, 0.5) is 9.18 Å². The number of hydrogen-bond acceptors (Lipinski definition) is 2. The van der Waals surface area contributed by atoms with E-state index in [2.05, 4.69) is 10.6 Å². The molecule has 0 heterocycles. The standard InChI is InChI=1S/C11H13FN2O3/c1-7(8-2-4-9(12)5-3-8)14-11(17)13-6-10(15)16/h2-5,7H,6H2,1H3,(H,15,16)(H2,13,14,17). The normalized spacial score (nSPS) is 11.6. The first-order valence-corrected chi connectivity index (χ1v) is 5.00. The fourth-order valence-corrected chi connectivity index (χ4v) is 1.24. The minimum atomic E-state index is -1.12. The van der Waals surface area contributed by atoms with Crippen molar-refractivity contribution in [1.82, 2.24) is 10.6 Å². The minimum Gasteiger partial charge on any atom is -0.480 e. The lowest BCUT2D eigenvalue weighted by Gasteiger charge is -2.14. The third-order valence-electron chi connectivity index (χ3n) is 2.12. The Morgan fingerprint density at radius 3 is 2.47 bits per heavy atom. The summed E-state index contributed by atoms with van der Waals surface area (Å²) in [4.78, 5) is 21.5. The second kappa shape index (κ2) is 5.83. The fraction of sp³-hybridized carbons (Fsp3) is 0.273. The first-order valence-electron chi connectivity index (χ1n) is 5.00. The van der Waals surface area contributed by atoms with Crippen molar-refractivity contribution in [2.45, 2.75) is 13.0 Å². The second-order valence-corrected chi connectivity index (χ2v) is 3.49. The van der Waals surface area contributed by atoms with Gasteiger partial charge in [0, 0.05) is 0 Å². The highest BCUT2D eigenvalue weighted by Crippen LogP contribution is 2.12. The quantitative estimate of drug-likeness (QED) is 0.741. The molecule has 0 aromatic heterocycles. The maximum Gasteiger partial charge on any atom is 0.323 e. The molecule has 17 heavy (non-hydrogen) atoms. The molecule has 0 aliphatic heterocycles. The van der Waals surface area contributed by atoms with E-state index < -0.39 is 18.5 Å². The molecule has 1 rings (SSSR count). The van der Waals surface area contributed by atoms with Gasteiger partial charge in [0.2, 0.25) is 0 Å². The minimum absolute atomic E-state index is 0.329. The zero-order chi connectivity index (χ0) is 12.8. The molecule has 1 aromatic rings. The highest BCUT2D eigenvalue weighted by atomic mass is 19.1. The number of hydrogen-bond donors (Lipinski definition) is 3. The van der Waals surface area contributed by atoms with Gasteiger partial charge in [0.25, 0.3) is 0 Å². The summed E-state index contributed by atoms with van der Waals surface area (Å²) in [5.74, 6) is -1.47. The first-order chi connectivity index (χ1) is 7.99. The summed E-state index contributed by atoms with van der Waals surface area (Å²) in [6.07, 6.45) is 0. The first kappa shape index (κ1) is 13.0. The number of nitrogens with one attached hydrogen (secondary N) is 2. The summed E-state index contributed by atoms with van der Waals surface area (Å²) in [6, 6.07) is 4.79. The van der Waals surface area contributed by atoms with Crippen LogP contribution in [0.2, 0.25) is 0 Å². The molecule has 0 fully saturated rings. The van der Waals surface area contributed by atoms with Gasteiger partial charge < -0.3 is 15.7 Å². The molecule has 3 N–H and O–H groups in total. The lowest BCUT2D eigenvalue weighted by molar-refractivity contribution is -0.135. The molecule has 0 radical (unpaired) electrons. The van der Waals surface area contributed by atoms with E-state index in [-0.39, 0.29) is 11.9 Å². The largest absolute Gasteiger partial charge is 0.480 e. The highest BCUT2D eigenvalue weighted by molar-refractivity contribution is 5.80. The number of rotatable bonds is 4. The maximum absolute atomic E-state index is 12.7. The van der Waals surface area contributed by atoms with Crippen LogP contribution in [0.25, 0.3) is 0 Å². The molecule has 0 aliphatic carbocycles. The third-order valence-corrected chi connectivity index (χ3v) is 2.12. The maximum atomic E-state index is 12.7. The number of urea groups is 1. The predicted octanol–water partition coefficient (Wildman–Crippen LogP) is 1.27. The van der Waals surface area contributed by atoms with Gasteiger partial charge in [-0.25, -0.2) is 9.18 Å². The van der Waals surface area contributed by atoms with Crippen LogP contribution in [-0.2, 0) is 4.79 Å². The highest BCUT2D eigenvalue weighted by Gasteiger charge is 2.09. The van der Waals surface area contributed by atoms with Crippen molar-refractivity contribution in [1.29, 1.82) is 0 Å². The van der Waals surface area contributed by atoms with Crippen LogP contribution in [0.5, 0.6) is 0 Å².